The highest BCUT2D eigenvalue weighted by molar-refractivity contribution is 5.85. The van der Waals surface area contributed by atoms with Gasteiger partial charge in [0.15, 0.2) is 11.6 Å². The smallest absolute Gasteiger partial charge is 0.159 e. The minimum Gasteiger partial charge on any atom is -0.314 e. The summed E-state index contributed by atoms with van der Waals surface area (Å²) in [5.41, 5.74) is 0.884. The molecule has 122 valence electrons. The number of rotatable bonds is 4. The molecule has 0 radical (unpaired) electrons. The first-order chi connectivity index (χ1) is 9.13. The van der Waals surface area contributed by atoms with Crippen molar-refractivity contribution >= 4 is 24.8 Å². The lowest BCUT2D eigenvalue weighted by Gasteiger charge is -2.38. The summed E-state index contributed by atoms with van der Waals surface area (Å²) in [6.07, 6.45) is 1.02. The molecule has 0 amide bonds. The fourth-order valence-electron chi connectivity index (χ4n) is 2.78. The molecule has 1 saturated heterocycles. The lowest BCUT2D eigenvalue weighted by atomic mass is 9.90. The monoisotopic (exact) mass is 340 g/mol. The first kappa shape index (κ1) is 20.6. The number of hydrogen-bond acceptors (Lipinski definition) is 2. The van der Waals surface area contributed by atoms with Crippen LogP contribution in [0.3, 0.4) is 0 Å². The molecule has 1 fully saturated rings. The Labute approximate surface area is 138 Å². The summed E-state index contributed by atoms with van der Waals surface area (Å²) in [6, 6.07) is 4.48. The summed E-state index contributed by atoms with van der Waals surface area (Å²) in [7, 11) is 0. The standard InChI is InChI=1S/C15H22F2N2.2ClH/c1-3-11(2)15(19-8-6-18-7-9-19)12-4-5-13(16)14(17)10-12;;/h4-5,10-11,15,18H,3,6-9H2,1-2H3;2*1H/t11?,15-;;/m1../s1. The van der Waals surface area contributed by atoms with E-state index in [1.165, 1.54) is 12.1 Å². The summed E-state index contributed by atoms with van der Waals surface area (Å²) in [5, 5.41) is 3.32. The Morgan fingerprint density at radius 3 is 2.29 bits per heavy atom. The van der Waals surface area contributed by atoms with Crippen molar-refractivity contribution in [2.45, 2.75) is 26.3 Å². The molecule has 1 N–H and O–H groups in total. The molecule has 1 aromatic rings. The maximum Gasteiger partial charge on any atom is 0.159 e. The fraction of sp³-hybridized carbons (Fsp3) is 0.600. The number of nitrogens with one attached hydrogen (secondary N) is 1. The van der Waals surface area contributed by atoms with E-state index in [1.54, 1.807) is 6.07 Å². The van der Waals surface area contributed by atoms with Crippen molar-refractivity contribution in [3.8, 4) is 0 Å². The van der Waals surface area contributed by atoms with Crippen LogP contribution in [0.15, 0.2) is 18.2 Å². The molecule has 2 rings (SSSR count). The predicted molar refractivity (Wildman–Crippen MR) is 87.5 cm³/mol. The van der Waals surface area contributed by atoms with Crippen LogP contribution < -0.4 is 5.32 Å². The minimum atomic E-state index is -0.771. The Bertz CT molecular complexity index is 426. The van der Waals surface area contributed by atoms with Gasteiger partial charge in [-0.05, 0) is 23.6 Å². The lowest BCUT2D eigenvalue weighted by molar-refractivity contribution is 0.128. The van der Waals surface area contributed by atoms with Gasteiger partial charge in [-0.25, -0.2) is 8.78 Å². The molecule has 1 aliphatic rings. The zero-order valence-electron chi connectivity index (χ0n) is 12.4. The molecular formula is C15H24Cl2F2N2. The highest BCUT2D eigenvalue weighted by Crippen LogP contribution is 2.31. The van der Waals surface area contributed by atoms with E-state index >= 15 is 0 Å². The SMILES string of the molecule is CCC(C)[C@H](c1ccc(F)c(F)c1)N1CCNCC1.Cl.Cl. The van der Waals surface area contributed by atoms with Crippen LogP contribution in [0, 0.1) is 17.6 Å². The second kappa shape index (κ2) is 9.57. The number of benzene rings is 1. The van der Waals surface area contributed by atoms with Crippen LogP contribution in [0.4, 0.5) is 8.78 Å². The van der Waals surface area contributed by atoms with Crippen LogP contribution in [-0.4, -0.2) is 31.1 Å². The summed E-state index contributed by atoms with van der Waals surface area (Å²) < 4.78 is 26.6. The maximum absolute atomic E-state index is 13.5. The van der Waals surface area contributed by atoms with Crippen LogP contribution in [0.25, 0.3) is 0 Å². The van der Waals surface area contributed by atoms with Crippen LogP contribution in [0.2, 0.25) is 0 Å². The van der Waals surface area contributed by atoms with Crippen LogP contribution in [-0.2, 0) is 0 Å². The van der Waals surface area contributed by atoms with Gasteiger partial charge < -0.3 is 5.32 Å². The molecule has 1 aliphatic heterocycles. The zero-order chi connectivity index (χ0) is 13.8. The topological polar surface area (TPSA) is 15.3 Å². The molecule has 0 spiro atoms. The van der Waals surface area contributed by atoms with Gasteiger partial charge in [0.2, 0.25) is 0 Å². The maximum atomic E-state index is 13.5. The van der Waals surface area contributed by atoms with Gasteiger partial charge in [-0.2, -0.15) is 0 Å². The fourth-order valence-corrected chi connectivity index (χ4v) is 2.78. The van der Waals surface area contributed by atoms with E-state index in [4.69, 9.17) is 0 Å². The van der Waals surface area contributed by atoms with Crippen molar-refractivity contribution in [2.75, 3.05) is 26.2 Å². The Morgan fingerprint density at radius 2 is 1.76 bits per heavy atom. The molecule has 1 heterocycles. The molecule has 21 heavy (non-hydrogen) atoms. The van der Waals surface area contributed by atoms with E-state index in [0.29, 0.717) is 5.92 Å². The zero-order valence-corrected chi connectivity index (χ0v) is 14.1. The molecule has 0 bridgehead atoms. The highest BCUT2D eigenvalue weighted by atomic mass is 35.5. The Morgan fingerprint density at radius 1 is 1.14 bits per heavy atom. The van der Waals surface area contributed by atoms with Crippen molar-refractivity contribution in [2.24, 2.45) is 5.92 Å². The average Bonchev–Trinajstić information content (AvgIpc) is 2.44. The van der Waals surface area contributed by atoms with Gasteiger partial charge in [0.25, 0.3) is 0 Å². The minimum absolute atomic E-state index is 0. The summed E-state index contributed by atoms with van der Waals surface area (Å²) >= 11 is 0. The van der Waals surface area contributed by atoms with Crippen LogP contribution in [0.1, 0.15) is 31.9 Å². The van der Waals surface area contributed by atoms with Gasteiger partial charge in [0.05, 0.1) is 0 Å². The quantitative estimate of drug-likeness (QED) is 0.896. The van der Waals surface area contributed by atoms with E-state index in [-0.39, 0.29) is 30.9 Å². The highest BCUT2D eigenvalue weighted by Gasteiger charge is 2.27. The molecule has 2 atom stereocenters. The van der Waals surface area contributed by atoms with Crippen molar-refractivity contribution in [1.29, 1.82) is 0 Å². The molecule has 6 heteroatoms. The Balaban J connectivity index is 0.00000200. The van der Waals surface area contributed by atoms with Gasteiger partial charge in [0, 0.05) is 32.2 Å². The van der Waals surface area contributed by atoms with E-state index in [0.717, 1.165) is 38.2 Å². The third-order valence-electron chi connectivity index (χ3n) is 4.01. The third-order valence-corrected chi connectivity index (χ3v) is 4.01. The van der Waals surface area contributed by atoms with E-state index < -0.39 is 11.6 Å². The van der Waals surface area contributed by atoms with Crippen LogP contribution >= 0.6 is 24.8 Å². The second-order valence-corrected chi connectivity index (χ2v) is 5.29. The van der Waals surface area contributed by atoms with Crippen molar-refractivity contribution in [3.05, 3.63) is 35.4 Å². The average molecular weight is 341 g/mol. The summed E-state index contributed by atoms with van der Waals surface area (Å²) in [5.74, 6) is -1.10. The summed E-state index contributed by atoms with van der Waals surface area (Å²) in [6.45, 7) is 8.13. The molecule has 2 nitrogen and oxygen atoms in total. The molecule has 0 aromatic heterocycles. The summed E-state index contributed by atoms with van der Waals surface area (Å²) in [4.78, 5) is 2.37. The van der Waals surface area contributed by atoms with Crippen molar-refractivity contribution in [1.82, 2.24) is 10.2 Å². The van der Waals surface area contributed by atoms with Crippen molar-refractivity contribution in [3.63, 3.8) is 0 Å². The molecule has 1 unspecified atom stereocenters. The molecular weight excluding hydrogens is 317 g/mol. The predicted octanol–water partition coefficient (Wildman–Crippen LogP) is 3.80. The van der Waals surface area contributed by atoms with Gasteiger partial charge in [-0.1, -0.05) is 26.3 Å². The number of hydrogen-bond donors (Lipinski definition) is 1. The van der Waals surface area contributed by atoms with E-state index in [2.05, 4.69) is 24.1 Å². The Hall–Kier alpha value is -0.420. The Kier molecular flexibility index (Phi) is 9.38. The first-order valence-corrected chi connectivity index (χ1v) is 7.03. The van der Waals surface area contributed by atoms with E-state index in [9.17, 15) is 8.78 Å². The van der Waals surface area contributed by atoms with Gasteiger partial charge in [0.1, 0.15) is 0 Å². The molecule has 0 aliphatic carbocycles. The van der Waals surface area contributed by atoms with Gasteiger partial charge in [-0.3, -0.25) is 4.90 Å². The normalized spacial score (nSPS) is 18.3. The van der Waals surface area contributed by atoms with E-state index in [1.807, 2.05) is 0 Å². The molecule has 0 saturated carbocycles. The number of halogens is 4. The lowest BCUT2D eigenvalue weighted by Crippen LogP contribution is -2.46. The second-order valence-electron chi connectivity index (χ2n) is 5.29. The van der Waals surface area contributed by atoms with Gasteiger partial charge >= 0.3 is 0 Å². The van der Waals surface area contributed by atoms with Gasteiger partial charge in [-0.15, -0.1) is 24.8 Å². The first-order valence-electron chi connectivity index (χ1n) is 7.03. The van der Waals surface area contributed by atoms with Crippen LogP contribution in [0.5, 0.6) is 0 Å². The van der Waals surface area contributed by atoms with Crippen molar-refractivity contribution < 1.29 is 8.78 Å². The largest absolute Gasteiger partial charge is 0.314 e. The third kappa shape index (κ3) is 5.06. The number of piperazine rings is 1. The number of nitrogens with zero attached hydrogens (tertiary/aromatic N) is 1. The molecule has 1 aromatic carbocycles.